The normalized spacial score (nSPS) is 38.6. The first kappa shape index (κ1) is 13.5. The first-order valence-corrected chi connectivity index (χ1v) is 6.54. The van der Waals surface area contributed by atoms with Crippen molar-refractivity contribution in [2.24, 2.45) is 23.7 Å². The zero-order chi connectivity index (χ0) is 13.3. The van der Waals surface area contributed by atoms with Gasteiger partial charge in [0.15, 0.2) is 0 Å². The summed E-state index contributed by atoms with van der Waals surface area (Å²) in [5.41, 5.74) is 0. The quantitative estimate of drug-likeness (QED) is 0.595. The maximum absolute atomic E-state index is 11.8. The molecule has 0 radical (unpaired) electrons. The number of hydrogen-bond acceptors (Lipinski definition) is 5. The molecule has 2 aliphatic rings. The van der Waals surface area contributed by atoms with Crippen LogP contribution in [0.3, 0.4) is 0 Å². The van der Waals surface area contributed by atoms with Crippen molar-refractivity contribution in [3.8, 4) is 0 Å². The van der Waals surface area contributed by atoms with Crippen molar-refractivity contribution in [1.29, 1.82) is 0 Å². The molecule has 1 N–H and O–H groups in total. The van der Waals surface area contributed by atoms with E-state index in [1.54, 1.807) is 6.92 Å². The van der Waals surface area contributed by atoms with Gasteiger partial charge in [0.05, 0.1) is 17.9 Å². The Hall–Kier alpha value is -0.940. The molecular formula is C13H20O5. The van der Waals surface area contributed by atoms with Crippen molar-refractivity contribution < 1.29 is 24.2 Å². The predicted molar refractivity (Wildman–Crippen MR) is 62.5 cm³/mol. The first-order chi connectivity index (χ1) is 8.56. The third kappa shape index (κ3) is 2.29. The zero-order valence-electron chi connectivity index (χ0n) is 10.8. The van der Waals surface area contributed by atoms with E-state index in [0.29, 0.717) is 6.61 Å². The average Bonchev–Trinajstić information content (AvgIpc) is 2.62. The van der Waals surface area contributed by atoms with Crippen molar-refractivity contribution in [2.75, 3.05) is 13.2 Å². The zero-order valence-corrected chi connectivity index (χ0v) is 10.8. The minimum absolute atomic E-state index is 0.0611. The fourth-order valence-electron chi connectivity index (χ4n) is 2.97. The number of aliphatic hydroxyl groups excluding tert-OH is 1. The van der Waals surface area contributed by atoms with Gasteiger partial charge in [-0.1, -0.05) is 13.8 Å². The van der Waals surface area contributed by atoms with Gasteiger partial charge in [-0.15, -0.1) is 0 Å². The van der Waals surface area contributed by atoms with Gasteiger partial charge in [0.2, 0.25) is 0 Å². The topological polar surface area (TPSA) is 72.8 Å². The second kappa shape index (κ2) is 5.36. The van der Waals surface area contributed by atoms with Crippen LogP contribution in [-0.4, -0.2) is 36.4 Å². The Labute approximate surface area is 106 Å². The maximum atomic E-state index is 11.8. The van der Waals surface area contributed by atoms with E-state index in [1.807, 2.05) is 6.92 Å². The fourth-order valence-corrected chi connectivity index (χ4v) is 2.97. The summed E-state index contributed by atoms with van der Waals surface area (Å²) in [4.78, 5) is 23.2. The largest absolute Gasteiger partial charge is 0.396 e. The average molecular weight is 256 g/mol. The molecule has 0 saturated carbocycles. The van der Waals surface area contributed by atoms with Crippen LogP contribution in [0.4, 0.5) is 0 Å². The van der Waals surface area contributed by atoms with Gasteiger partial charge in [0, 0.05) is 13.2 Å². The summed E-state index contributed by atoms with van der Waals surface area (Å²) in [7, 11) is 0. The molecular weight excluding hydrogens is 236 g/mol. The van der Waals surface area contributed by atoms with Crippen molar-refractivity contribution >= 4 is 11.9 Å². The molecule has 0 aromatic rings. The Morgan fingerprint density at radius 2 is 2.11 bits per heavy atom. The minimum Gasteiger partial charge on any atom is -0.396 e. The number of carbonyl (C=O) groups excluding carboxylic acids is 2. The summed E-state index contributed by atoms with van der Waals surface area (Å²) < 4.78 is 10.4. The van der Waals surface area contributed by atoms with E-state index in [1.165, 1.54) is 0 Å². The second-order valence-corrected chi connectivity index (χ2v) is 5.36. The highest BCUT2D eigenvalue weighted by Crippen LogP contribution is 2.38. The van der Waals surface area contributed by atoms with Crippen LogP contribution in [0.25, 0.3) is 0 Å². The number of rotatable bonds is 3. The molecule has 0 aromatic carbocycles. The van der Waals surface area contributed by atoms with Gasteiger partial charge in [0.1, 0.15) is 0 Å². The molecule has 2 fully saturated rings. The summed E-state index contributed by atoms with van der Waals surface area (Å²) >= 11 is 0. The van der Waals surface area contributed by atoms with E-state index in [2.05, 4.69) is 4.74 Å². The van der Waals surface area contributed by atoms with E-state index in [9.17, 15) is 14.7 Å². The van der Waals surface area contributed by atoms with Crippen molar-refractivity contribution in [3.63, 3.8) is 0 Å². The highest BCUT2D eigenvalue weighted by atomic mass is 16.6. The number of carbonyl (C=O) groups is 2. The summed E-state index contributed by atoms with van der Waals surface area (Å²) in [5, 5.41) is 9.29. The summed E-state index contributed by atoms with van der Waals surface area (Å²) in [6.45, 7) is 4.31. The monoisotopic (exact) mass is 256 g/mol. The third-order valence-corrected chi connectivity index (χ3v) is 4.17. The third-order valence-electron chi connectivity index (χ3n) is 4.17. The molecule has 2 heterocycles. The number of ether oxygens (including phenoxy) is 2. The lowest BCUT2D eigenvalue weighted by Crippen LogP contribution is -2.43. The number of cyclic esters (lactones) is 2. The number of hydrogen-bond donors (Lipinski definition) is 1. The van der Waals surface area contributed by atoms with Crippen molar-refractivity contribution in [2.45, 2.75) is 32.8 Å². The predicted octanol–water partition coefficient (Wildman–Crippen LogP) is 0.746. The van der Waals surface area contributed by atoms with Crippen LogP contribution < -0.4 is 0 Å². The van der Waals surface area contributed by atoms with E-state index in [-0.39, 0.29) is 24.5 Å². The van der Waals surface area contributed by atoms with Gasteiger partial charge < -0.3 is 14.6 Å². The lowest BCUT2D eigenvalue weighted by Gasteiger charge is -2.37. The Kier molecular flexibility index (Phi) is 4.02. The van der Waals surface area contributed by atoms with E-state index >= 15 is 0 Å². The highest BCUT2D eigenvalue weighted by molar-refractivity contribution is 5.96. The van der Waals surface area contributed by atoms with Crippen LogP contribution in [0.5, 0.6) is 0 Å². The smallest absolute Gasteiger partial charge is 0.320 e. The summed E-state index contributed by atoms with van der Waals surface area (Å²) in [6.07, 6.45) is 1.53. The van der Waals surface area contributed by atoms with Crippen molar-refractivity contribution in [3.05, 3.63) is 0 Å². The lowest BCUT2D eigenvalue weighted by molar-refractivity contribution is -0.157. The molecule has 5 unspecified atom stereocenters. The molecule has 2 aliphatic heterocycles. The van der Waals surface area contributed by atoms with Crippen LogP contribution in [0.1, 0.15) is 26.7 Å². The van der Waals surface area contributed by atoms with E-state index < -0.39 is 23.8 Å². The van der Waals surface area contributed by atoms with Crippen LogP contribution in [0.15, 0.2) is 0 Å². The Balaban J connectivity index is 2.18. The molecule has 5 atom stereocenters. The summed E-state index contributed by atoms with van der Waals surface area (Å²) in [5.74, 6) is -1.74. The summed E-state index contributed by atoms with van der Waals surface area (Å²) in [6, 6.07) is 0. The van der Waals surface area contributed by atoms with Gasteiger partial charge in [-0.25, -0.2) is 0 Å². The van der Waals surface area contributed by atoms with E-state index in [4.69, 9.17) is 4.74 Å². The molecule has 0 aromatic heterocycles. The molecule has 0 amide bonds. The number of esters is 2. The Morgan fingerprint density at radius 1 is 1.39 bits per heavy atom. The van der Waals surface area contributed by atoms with Gasteiger partial charge in [-0.2, -0.15) is 0 Å². The van der Waals surface area contributed by atoms with Gasteiger partial charge in [-0.3, -0.25) is 9.59 Å². The molecule has 2 rings (SSSR count). The standard InChI is InChI=1S/C13H20O5/c1-7(6-14)9-4-3-5-17-11(9)10-8(2)12(15)18-13(10)16/h7-11,14H,3-6H2,1-2H3. The molecule has 18 heavy (non-hydrogen) atoms. The van der Waals surface area contributed by atoms with Crippen LogP contribution in [0, 0.1) is 23.7 Å². The molecule has 5 heteroatoms. The molecule has 0 spiro atoms. The van der Waals surface area contributed by atoms with E-state index in [0.717, 1.165) is 12.8 Å². The van der Waals surface area contributed by atoms with Gasteiger partial charge in [0.25, 0.3) is 0 Å². The van der Waals surface area contributed by atoms with Crippen LogP contribution >= 0.6 is 0 Å². The molecule has 102 valence electrons. The second-order valence-electron chi connectivity index (χ2n) is 5.36. The lowest BCUT2D eigenvalue weighted by atomic mass is 9.75. The van der Waals surface area contributed by atoms with Gasteiger partial charge in [-0.05, 0) is 24.7 Å². The molecule has 0 aliphatic carbocycles. The maximum Gasteiger partial charge on any atom is 0.320 e. The fraction of sp³-hybridized carbons (Fsp3) is 0.846. The van der Waals surface area contributed by atoms with Crippen molar-refractivity contribution in [1.82, 2.24) is 0 Å². The van der Waals surface area contributed by atoms with Gasteiger partial charge >= 0.3 is 11.9 Å². The molecule has 0 bridgehead atoms. The SMILES string of the molecule is CC(CO)C1CCCOC1C1C(=O)OC(=O)C1C. The minimum atomic E-state index is -0.517. The molecule has 5 nitrogen and oxygen atoms in total. The van der Waals surface area contributed by atoms with Crippen LogP contribution in [0.2, 0.25) is 0 Å². The molecule has 2 saturated heterocycles. The highest BCUT2D eigenvalue weighted by Gasteiger charge is 2.50. The Morgan fingerprint density at radius 3 is 2.67 bits per heavy atom. The number of aliphatic hydroxyl groups is 1. The van der Waals surface area contributed by atoms with Crippen LogP contribution in [-0.2, 0) is 19.1 Å². The first-order valence-electron chi connectivity index (χ1n) is 6.54. The Bertz CT molecular complexity index is 340.